The van der Waals surface area contributed by atoms with Crippen molar-refractivity contribution in [1.29, 1.82) is 0 Å². The summed E-state index contributed by atoms with van der Waals surface area (Å²) in [6.45, 7) is 2.45. The van der Waals surface area contributed by atoms with Crippen LogP contribution >= 0.6 is 0 Å². The number of aromatic nitrogens is 3. The third-order valence-electron chi connectivity index (χ3n) is 2.52. The van der Waals surface area contributed by atoms with Gasteiger partial charge in [-0.05, 0) is 19.9 Å². The van der Waals surface area contributed by atoms with Gasteiger partial charge in [0.2, 0.25) is 0 Å². The van der Waals surface area contributed by atoms with E-state index in [-0.39, 0.29) is 0 Å². The molecule has 14 heavy (non-hydrogen) atoms. The largest absolute Gasteiger partial charge is 0.381 e. The van der Waals surface area contributed by atoms with Crippen LogP contribution in [0.15, 0.2) is 6.33 Å². The molecule has 0 aromatic carbocycles. The second-order valence-corrected chi connectivity index (χ2v) is 3.49. The Morgan fingerprint density at radius 1 is 1.57 bits per heavy atom. The Bertz CT molecular complexity index is 280. The molecule has 5 heteroatoms. The third kappa shape index (κ3) is 1.93. The van der Waals surface area contributed by atoms with Crippen molar-refractivity contribution in [2.45, 2.75) is 25.4 Å². The molecule has 0 bridgehead atoms. The lowest BCUT2D eigenvalue weighted by Gasteiger charge is -2.23. The van der Waals surface area contributed by atoms with Crippen LogP contribution in [-0.2, 0) is 11.3 Å². The smallest absolute Gasteiger partial charge is 0.141 e. The second-order valence-electron chi connectivity index (χ2n) is 3.49. The number of nitrogens with zero attached hydrogens (tertiary/aromatic N) is 3. The Kier molecular flexibility index (Phi) is 3.10. The molecule has 1 fully saturated rings. The van der Waals surface area contributed by atoms with Crippen LogP contribution in [0.4, 0.5) is 0 Å². The number of ether oxygens (including phenoxy) is 1. The standard InChI is InChI=1S/C9H16N4O/c1-10-6-9-11-7-12-13(9)8-2-4-14-5-3-8/h7-8,10H,2-6H2,1H3. The molecule has 78 valence electrons. The summed E-state index contributed by atoms with van der Waals surface area (Å²) in [4.78, 5) is 4.23. The fourth-order valence-electron chi connectivity index (χ4n) is 1.79. The van der Waals surface area contributed by atoms with E-state index >= 15 is 0 Å². The molecule has 0 amide bonds. The molecule has 1 N–H and O–H groups in total. The van der Waals surface area contributed by atoms with Gasteiger partial charge < -0.3 is 10.1 Å². The van der Waals surface area contributed by atoms with Crippen LogP contribution in [0.2, 0.25) is 0 Å². The molecule has 1 aliphatic heterocycles. The van der Waals surface area contributed by atoms with Gasteiger partial charge in [0.15, 0.2) is 0 Å². The minimum atomic E-state index is 0.467. The predicted octanol–water partition coefficient (Wildman–Crippen LogP) is 0.349. The van der Waals surface area contributed by atoms with Crippen molar-refractivity contribution in [2.75, 3.05) is 20.3 Å². The van der Waals surface area contributed by atoms with E-state index in [2.05, 4.69) is 15.4 Å². The molecule has 0 radical (unpaired) electrons. The van der Waals surface area contributed by atoms with Crippen molar-refractivity contribution in [3.8, 4) is 0 Å². The zero-order valence-electron chi connectivity index (χ0n) is 8.44. The average molecular weight is 196 g/mol. The molecular weight excluding hydrogens is 180 g/mol. The zero-order valence-corrected chi connectivity index (χ0v) is 8.44. The van der Waals surface area contributed by atoms with Crippen molar-refractivity contribution < 1.29 is 4.74 Å². The molecule has 1 aliphatic rings. The summed E-state index contributed by atoms with van der Waals surface area (Å²) < 4.78 is 7.35. The Morgan fingerprint density at radius 2 is 2.36 bits per heavy atom. The maximum Gasteiger partial charge on any atom is 0.141 e. The topological polar surface area (TPSA) is 52.0 Å². The van der Waals surface area contributed by atoms with E-state index in [4.69, 9.17) is 4.74 Å². The molecule has 1 aromatic rings. The first kappa shape index (κ1) is 9.61. The first-order valence-corrected chi connectivity index (χ1v) is 5.02. The van der Waals surface area contributed by atoms with Gasteiger partial charge in [-0.3, -0.25) is 0 Å². The van der Waals surface area contributed by atoms with Gasteiger partial charge in [0.05, 0.1) is 12.6 Å². The molecule has 1 aromatic heterocycles. The van der Waals surface area contributed by atoms with Crippen LogP contribution in [0.3, 0.4) is 0 Å². The van der Waals surface area contributed by atoms with E-state index in [0.29, 0.717) is 6.04 Å². The molecule has 1 saturated heterocycles. The van der Waals surface area contributed by atoms with Crippen molar-refractivity contribution in [3.63, 3.8) is 0 Å². The Labute approximate surface area is 83.5 Å². The third-order valence-corrected chi connectivity index (χ3v) is 2.52. The van der Waals surface area contributed by atoms with Gasteiger partial charge in [-0.15, -0.1) is 0 Å². The second kappa shape index (κ2) is 4.52. The highest BCUT2D eigenvalue weighted by molar-refractivity contribution is 4.87. The number of rotatable bonds is 3. The summed E-state index contributed by atoms with van der Waals surface area (Å²) in [5.41, 5.74) is 0. The molecule has 0 unspecified atom stereocenters. The van der Waals surface area contributed by atoms with Crippen LogP contribution < -0.4 is 5.32 Å². The van der Waals surface area contributed by atoms with Gasteiger partial charge in [-0.2, -0.15) is 5.10 Å². The Morgan fingerprint density at radius 3 is 3.07 bits per heavy atom. The van der Waals surface area contributed by atoms with Crippen LogP contribution in [0.1, 0.15) is 24.7 Å². The molecule has 0 spiro atoms. The van der Waals surface area contributed by atoms with E-state index in [0.717, 1.165) is 38.4 Å². The average Bonchev–Trinajstić information content (AvgIpc) is 2.68. The summed E-state index contributed by atoms with van der Waals surface area (Å²) in [5.74, 6) is 1.01. The van der Waals surface area contributed by atoms with Crippen LogP contribution in [0, 0.1) is 0 Å². The maximum absolute atomic E-state index is 5.32. The van der Waals surface area contributed by atoms with E-state index in [9.17, 15) is 0 Å². The van der Waals surface area contributed by atoms with Crippen LogP contribution in [-0.4, -0.2) is 35.0 Å². The van der Waals surface area contributed by atoms with Gasteiger partial charge in [0.25, 0.3) is 0 Å². The number of hydrogen-bond acceptors (Lipinski definition) is 4. The van der Waals surface area contributed by atoms with Crippen molar-refractivity contribution >= 4 is 0 Å². The van der Waals surface area contributed by atoms with Gasteiger partial charge in [0.1, 0.15) is 12.2 Å². The number of hydrogen-bond donors (Lipinski definition) is 1. The molecule has 0 aliphatic carbocycles. The minimum Gasteiger partial charge on any atom is -0.381 e. The van der Waals surface area contributed by atoms with Crippen LogP contribution in [0.25, 0.3) is 0 Å². The van der Waals surface area contributed by atoms with Crippen molar-refractivity contribution in [3.05, 3.63) is 12.2 Å². The van der Waals surface area contributed by atoms with Crippen molar-refractivity contribution in [2.24, 2.45) is 0 Å². The van der Waals surface area contributed by atoms with E-state index in [1.807, 2.05) is 11.7 Å². The van der Waals surface area contributed by atoms with Gasteiger partial charge >= 0.3 is 0 Å². The lowest BCUT2D eigenvalue weighted by Crippen LogP contribution is -2.23. The van der Waals surface area contributed by atoms with Gasteiger partial charge in [0, 0.05) is 13.2 Å². The lowest BCUT2D eigenvalue weighted by molar-refractivity contribution is 0.0652. The fourth-order valence-corrected chi connectivity index (χ4v) is 1.79. The summed E-state index contributed by atoms with van der Waals surface area (Å²) in [6, 6.07) is 0.467. The summed E-state index contributed by atoms with van der Waals surface area (Å²) in [6.07, 6.45) is 3.71. The zero-order chi connectivity index (χ0) is 9.80. The first-order valence-electron chi connectivity index (χ1n) is 5.02. The minimum absolute atomic E-state index is 0.467. The molecule has 0 saturated carbocycles. The van der Waals surface area contributed by atoms with Gasteiger partial charge in [-0.25, -0.2) is 9.67 Å². The summed E-state index contributed by atoms with van der Waals surface area (Å²) in [7, 11) is 1.92. The predicted molar refractivity (Wildman–Crippen MR) is 51.9 cm³/mol. The van der Waals surface area contributed by atoms with Gasteiger partial charge in [-0.1, -0.05) is 0 Å². The SMILES string of the molecule is CNCc1ncnn1C1CCOCC1. The molecule has 0 atom stereocenters. The summed E-state index contributed by atoms with van der Waals surface area (Å²) >= 11 is 0. The number of nitrogens with one attached hydrogen (secondary N) is 1. The molecule has 5 nitrogen and oxygen atoms in total. The normalized spacial score (nSPS) is 18.6. The Hall–Kier alpha value is -0.940. The lowest BCUT2D eigenvalue weighted by atomic mass is 10.1. The molecule has 2 rings (SSSR count). The fraction of sp³-hybridized carbons (Fsp3) is 0.778. The van der Waals surface area contributed by atoms with Crippen LogP contribution in [0.5, 0.6) is 0 Å². The van der Waals surface area contributed by atoms with E-state index < -0.39 is 0 Å². The molecular formula is C9H16N4O. The van der Waals surface area contributed by atoms with Crippen molar-refractivity contribution in [1.82, 2.24) is 20.1 Å². The summed E-state index contributed by atoms with van der Waals surface area (Å²) in [5, 5.41) is 7.36. The first-order chi connectivity index (χ1) is 6.92. The maximum atomic E-state index is 5.32. The quantitative estimate of drug-likeness (QED) is 0.758. The molecule has 2 heterocycles. The highest BCUT2D eigenvalue weighted by Crippen LogP contribution is 2.20. The monoisotopic (exact) mass is 196 g/mol. The highest BCUT2D eigenvalue weighted by Gasteiger charge is 2.18. The Balaban J connectivity index is 2.09. The highest BCUT2D eigenvalue weighted by atomic mass is 16.5. The van der Waals surface area contributed by atoms with E-state index in [1.54, 1.807) is 6.33 Å². The van der Waals surface area contributed by atoms with E-state index in [1.165, 1.54) is 0 Å².